The number of thioether (sulfide) groups is 1. The number of rotatable bonds is 0. The minimum Gasteiger partial charge on any atom is -0.374 e. The van der Waals surface area contributed by atoms with Crippen LogP contribution in [0.2, 0.25) is 0 Å². The Kier molecular flexibility index (Phi) is 1.09. The lowest BCUT2D eigenvalue weighted by Crippen LogP contribution is -2.21. The molecule has 0 radical (unpaired) electrons. The molecule has 0 saturated heterocycles. The summed E-state index contributed by atoms with van der Waals surface area (Å²) in [5, 5.41) is 3.55. The topological polar surface area (TPSA) is 24.4 Å². The van der Waals surface area contributed by atoms with E-state index < -0.39 is 0 Å². The largest absolute Gasteiger partial charge is 0.374 e. The van der Waals surface area contributed by atoms with Gasteiger partial charge in [0, 0.05) is 0 Å². The second kappa shape index (κ2) is 1.92. The third kappa shape index (κ3) is 0.772. The number of allylic oxidation sites excluding steroid dienone is 2. The van der Waals surface area contributed by atoms with Gasteiger partial charge in [0.2, 0.25) is 0 Å². The summed E-state index contributed by atoms with van der Waals surface area (Å²) in [5.74, 6) is 0. The quantitative estimate of drug-likeness (QED) is 0.542. The van der Waals surface area contributed by atoms with E-state index in [-0.39, 0.29) is 0 Å². The lowest BCUT2D eigenvalue weighted by molar-refractivity contribution is 0.864. The first-order valence-corrected chi connectivity index (χ1v) is 3.72. The van der Waals surface area contributed by atoms with Crippen LogP contribution >= 0.6 is 11.8 Å². The standard InChI is InChI=1S/C6H6N2S/c1-2-5-6(7-3-1)9-4-8-5/h1-4,6-7H. The number of hydrogen-bond acceptors (Lipinski definition) is 3. The van der Waals surface area contributed by atoms with Gasteiger partial charge in [0.05, 0.1) is 11.2 Å². The highest BCUT2D eigenvalue weighted by Gasteiger charge is 2.17. The Morgan fingerprint density at radius 1 is 1.67 bits per heavy atom. The molecule has 0 aromatic carbocycles. The molecule has 9 heavy (non-hydrogen) atoms. The van der Waals surface area contributed by atoms with E-state index in [9.17, 15) is 0 Å². The third-order valence-corrected chi connectivity index (χ3v) is 2.16. The van der Waals surface area contributed by atoms with Crippen LogP contribution in [-0.2, 0) is 0 Å². The monoisotopic (exact) mass is 138 g/mol. The van der Waals surface area contributed by atoms with Crippen molar-refractivity contribution in [3.05, 3.63) is 24.0 Å². The summed E-state index contributed by atoms with van der Waals surface area (Å²) in [6.07, 6.45) is 5.93. The second-order valence-electron chi connectivity index (χ2n) is 1.87. The number of hydrogen-bond donors (Lipinski definition) is 1. The highest BCUT2D eigenvalue weighted by molar-refractivity contribution is 8.13. The van der Waals surface area contributed by atoms with Crippen molar-refractivity contribution in [1.82, 2.24) is 5.32 Å². The highest BCUT2D eigenvalue weighted by Crippen LogP contribution is 2.24. The predicted molar refractivity (Wildman–Crippen MR) is 40.2 cm³/mol. The van der Waals surface area contributed by atoms with Crippen LogP contribution in [0.5, 0.6) is 0 Å². The normalized spacial score (nSPS) is 29.3. The number of aliphatic imine (C=N–C) groups is 1. The molecular formula is C6H6N2S. The fourth-order valence-corrected chi connectivity index (χ4v) is 1.57. The molecule has 2 rings (SSSR count). The number of nitrogens with zero attached hydrogens (tertiary/aromatic N) is 1. The van der Waals surface area contributed by atoms with Gasteiger partial charge in [-0.2, -0.15) is 0 Å². The summed E-state index contributed by atoms with van der Waals surface area (Å²) in [4.78, 5) is 4.14. The molecule has 0 aromatic rings. The fourth-order valence-electron chi connectivity index (χ4n) is 0.834. The second-order valence-corrected chi connectivity index (χ2v) is 2.82. The van der Waals surface area contributed by atoms with Crippen molar-refractivity contribution in [2.75, 3.05) is 0 Å². The Hall–Kier alpha value is -0.700. The summed E-state index contributed by atoms with van der Waals surface area (Å²) in [7, 11) is 0. The molecule has 3 heteroatoms. The molecule has 46 valence electrons. The lowest BCUT2D eigenvalue weighted by Gasteiger charge is -2.11. The van der Waals surface area contributed by atoms with Gasteiger partial charge in [0.25, 0.3) is 0 Å². The molecule has 1 N–H and O–H groups in total. The molecule has 2 heterocycles. The van der Waals surface area contributed by atoms with Crippen molar-refractivity contribution in [1.29, 1.82) is 0 Å². The Morgan fingerprint density at radius 3 is 3.56 bits per heavy atom. The molecule has 0 aliphatic carbocycles. The SMILES string of the molecule is C1=CNC2SC=NC2=C1. The van der Waals surface area contributed by atoms with Gasteiger partial charge in [-0.05, 0) is 18.4 Å². The maximum Gasteiger partial charge on any atom is 0.120 e. The van der Waals surface area contributed by atoms with E-state index in [0.29, 0.717) is 5.37 Å². The first-order chi connectivity index (χ1) is 4.47. The Balaban J connectivity index is 2.31. The summed E-state index contributed by atoms with van der Waals surface area (Å²) in [6.45, 7) is 0. The zero-order valence-electron chi connectivity index (χ0n) is 4.74. The molecule has 2 aliphatic heterocycles. The Bertz CT molecular complexity index is 205. The Morgan fingerprint density at radius 2 is 2.67 bits per heavy atom. The van der Waals surface area contributed by atoms with Gasteiger partial charge in [0.15, 0.2) is 0 Å². The highest BCUT2D eigenvalue weighted by atomic mass is 32.2. The smallest absolute Gasteiger partial charge is 0.120 e. The molecule has 0 aromatic heterocycles. The van der Waals surface area contributed by atoms with Gasteiger partial charge in [-0.3, -0.25) is 4.99 Å². The minimum atomic E-state index is 0.384. The first kappa shape index (κ1) is 5.11. The van der Waals surface area contributed by atoms with E-state index >= 15 is 0 Å². The fraction of sp³-hybridized carbons (Fsp3) is 0.167. The van der Waals surface area contributed by atoms with E-state index in [1.165, 1.54) is 0 Å². The summed E-state index contributed by atoms with van der Waals surface area (Å²) in [6, 6.07) is 0. The van der Waals surface area contributed by atoms with E-state index in [4.69, 9.17) is 0 Å². The summed E-state index contributed by atoms with van der Waals surface area (Å²) in [5.41, 5.74) is 3.00. The van der Waals surface area contributed by atoms with Gasteiger partial charge in [-0.25, -0.2) is 0 Å². The molecule has 0 saturated carbocycles. The van der Waals surface area contributed by atoms with Crippen molar-refractivity contribution < 1.29 is 0 Å². The molecule has 0 spiro atoms. The molecule has 0 fully saturated rings. The van der Waals surface area contributed by atoms with Crippen LogP contribution in [0, 0.1) is 0 Å². The molecular weight excluding hydrogens is 132 g/mol. The number of nitrogens with one attached hydrogen (secondary N) is 1. The summed E-state index contributed by atoms with van der Waals surface area (Å²) >= 11 is 1.70. The zero-order valence-corrected chi connectivity index (χ0v) is 5.56. The molecule has 1 unspecified atom stereocenters. The maximum atomic E-state index is 4.14. The Labute approximate surface area is 57.7 Å². The van der Waals surface area contributed by atoms with E-state index in [0.717, 1.165) is 5.70 Å². The van der Waals surface area contributed by atoms with Crippen LogP contribution in [0.1, 0.15) is 0 Å². The van der Waals surface area contributed by atoms with Crippen LogP contribution < -0.4 is 5.32 Å². The van der Waals surface area contributed by atoms with Crippen molar-refractivity contribution in [3.8, 4) is 0 Å². The van der Waals surface area contributed by atoms with Crippen molar-refractivity contribution in [2.45, 2.75) is 5.37 Å². The van der Waals surface area contributed by atoms with Gasteiger partial charge < -0.3 is 5.32 Å². The predicted octanol–water partition coefficient (Wildman–Crippen LogP) is 1.09. The average Bonchev–Trinajstić information content (AvgIpc) is 2.33. The zero-order chi connectivity index (χ0) is 6.10. The molecule has 2 aliphatic rings. The van der Waals surface area contributed by atoms with E-state index in [1.54, 1.807) is 11.8 Å². The van der Waals surface area contributed by atoms with E-state index in [2.05, 4.69) is 10.3 Å². The van der Waals surface area contributed by atoms with Crippen LogP contribution in [0.25, 0.3) is 0 Å². The van der Waals surface area contributed by atoms with E-state index in [1.807, 2.05) is 23.9 Å². The third-order valence-electron chi connectivity index (χ3n) is 1.28. The first-order valence-electron chi connectivity index (χ1n) is 2.77. The lowest BCUT2D eigenvalue weighted by atomic mass is 10.3. The molecule has 0 bridgehead atoms. The van der Waals surface area contributed by atoms with Crippen LogP contribution in [-0.4, -0.2) is 10.9 Å². The van der Waals surface area contributed by atoms with Crippen molar-refractivity contribution in [3.63, 3.8) is 0 Å². The van der Waals surface area contributed by atoms with Gasteiger partial charge in [0.1, 0.15) is 5.37 Å². The van der Waals surface area contributed by atoms with Gasteiger partial charge in [-0.15, -0.1) is 0 Å². The number of dihydropyridines is 1. The molecule has 1 atom stereocenters. The summed E-state index contributed by atoms with van der Waals surface area (Å²) < 4.78 is 0. The minimum absolute atomic E-state index is 0.384. The molecule has 0 amide bonds. The molecule has 2 nitrogen and oxygen atoms in total. The van der Waals surface area contributed by atoms with Crippen LogP contribution in [0.4, 0.5) is 0 Å². The average molecular weight is 138 g/mol. The van der Waals surface area contributed by atoms with Crippen LogP contribution in [0.3, 0.4) is 0 Å². The van der Waals surface area contributed by atoms with Gasteiger partial charge >= 0.3 is 0 Å². The number of fused-ring (bicyclic) bond motifs is 1. The van der Waals surface area contributed by atoms with Crippen LogP contribution in [0.15, 0.2) is 29.0 Å². The van der Waals surface area contributed by atoms with Crippen molar-refractivity contribution in [2.24, 2.45) is 4.99 Å². The maximum absolute atomic E-state index is 4.14. The van der Waals surface area contributed by atoms with Crippen molar-refractivity contribution >= 4 is 17.3 Å². The van der Waals surface area contributed by atoms with Gasteiger partial charge in [-0.1, -0.05) is 11.8 Å².